The summed E-state index contributed by atoms with van der Waals surface area (Å²) in [5.41, 5.74) is 10.1. The SMILES string of the molecule is CN1C2=C(NC(c3cn(C)c4c3CC=[N+]4C)C=C2)N(c2nc3c(-c4coc5ccccc45)cccc3o2)c2ccccc21. The van der Waals surface area contributed by atoms with Crippen LogP contribution in [0.3, 0.4) is 0 Å². The Morgan fingerprint density at radius 2 is 1.74 bits per heavy atom. The fraction of sp³-hybridized carbons (Fsp3) is 0.143. The van der Waals surface area contributed by atoms with Crippen LogP contribution in [-0.2, 0) is 13.5 Å². The molecule has 8 nitrogen and oxygen atoms in total. The molecule has 0 fully saturated rings. The minimum atomic E-state index is -0.00741. The number of allylic oxidation sites excluding steroid dienone is 1. The minimum absolute atomic E-state index is 0.00741. The van der Waals surface area contributed by atoms with Crippen LogP contribution in [0.1, 0.15) is 17.2 Å². The van der Waals surface area contributed by atoms with Crippen molar-refractivity contribution in [2.75, 3.05) is 23.9 Å². The molecule has 3 aromatic carbocycles. The average Bonchev–Trinajstić information content (AvgIpc) is 3.81. The third-order valence-corrected chi connectivity index (χ3v) is 8.94. The Morgan fingerprint density at radius 3 is 2.65 bits per heavy atom. The lowest BCUT2D eigenvalue weighted by Gasteiger charge is -2.40. The number of likely N-dealkylation sites (N-methyl/N-ethyl adjacent to an activating group) is 1. The molecule has 9 rings (SSSR count). The molecule has 0 saturated carbocycles. The van der Waals surface area contributed by atoms with Crippen molar-refractivity contribution in [1.29, 1.82) is 0 Å². The topological polar surface area (TPSA) is 65.6 Å². The van der Waals surface area contributed by atoms with Gasteiger partial charge in [0.15, 0.2) is 5.58 Å². The van der Waals surface area contributed by atoms with Crippen LogP contribution in [0.15, 0.2) is 112 Å². The predicted octanol–water partition coefficient (Wildman–Crippen LogP) is 7.14. The normalized spacial score (nSPS) is 17.4. The van der Waals surface area contributed by atoms with E-state index >= 15 is 0 Å². The van der Waals surface area contributed by atoms with Crippen molar-refractivity contribution < 1.29 is 13.4 Å². The molecule has 0 radical (unpaired) electrons. The number of aromatic nitrogens is 2. The molecule has 210 valence electrons. The van der Waals surface area contributed by atoms with Gasteiger partial charge >= 0.3 is 6.01 Å². The number of hydrogen-bond acceptors (Lipinski definition) is 6. The number of anilines is 3. The standard InChI is InChI=1S/C35H29N6O2/c1-38-18-17-23-24(19-39(2)34(23)38)26-15-16-29-33(36-26)41(28-12-6-5-11-27(28)40(29)3)35-37-32-22(10-8-14-31(32)43-35)25-20-42-30-13-7-4-9-21(25)30/h4-16,18-20,26,36H,17H2,1-3H3/q+1. The molecule has 0 aliphatic carbocycles. The number of aryl methyl sites for hydroxylation is 1. The van der Waals surface area contributed by atoms with Crippen LogP contribution in [0.2, 0.25) is 0 Å². The molecular formula is C35H29N6O2+. The Labute approximate surface area is 248 Å². The molecule has 6 heterocycles. The van der Waals surface area contributed by atoms with Gasteiger partial charge in [-0.1, -0.05) is 48.5 Å². The molecule has 0 bridgehead atoms. The van der Waals surface area contributed by atoms with Gasteiger partial charge in [0.25, 0.3) is 5.82 Å². The average molecular weight is 566 g/mol. The molecule has 0 saturated heterocycles. The predicted molar refractivity (Wildman–Crippen MR) is 169 cm³/mol. The van der Waals surface area contributed by atoms with E-state index in [-0.39, 0.29) is 6.04 Å². The summed E-state index contributed by atoms with van der Waals surface area (Å²) in [5, 5.41) is 4.93. The maximum absolute atomic E-state index is 6.58. The third-order valence-electron chi connectivity index (χ3n) is 8.94. The fourth-order valence-electron chi connectivity index (χ4n) is 6.93. The molecular weight excluding hydrogens is 536 g/mol. The van der Waals surface area contributed by atoms with E-state index in [1.807, 2.05) is 36.6 Å². The number of nitrogens with zero attached hydrogens (tertiary/aromatic N) is 5. The second kappa shape index (κ2) is 8.75. The number of fused-ring (bicyclic) bond motifs is 4. The van der Waals surface area contributed by atoms with Gasteiger partial charge < -0.3 is 19.1 Å². The van der Waals surface area contributed by atoms with Crippen molar-refractivity contribution in [1.82, 2.24) is 14.9 Å². The molecule has 1 unspecified atom stereocenters. The summed E-state index contributed by atoms with van der Waals surface area (Å²) in [7, 11) is 6.34. The van der Waals surface area contributed by atoms with Crippen LogP contribution in [0.25, 0.3) is 33.2 Å². The highest BCUT2D eigenvalue weighted by Crippen LogP contribution is 2.46. The number of oxazole rings is 1. The highest BCUT2D eigenvalue weighted by molar-refractivity contribution is 6.02. The van der Waals surface area contributed by atoms with E-state index in [1.54, 1.807) is 0 Å². The molecule has 3 aromatic heterocycles. The van der Waals surface area contributed by atoms with Crippen LogP contribution in [0, 0.1) is 0 Å². The van der Waals surface area contributed by atoms with Gasteiger partial charge in [0, 0.05) is 35.5 Å². The maximum Gasteiger partial charge on any atom is 0.309 e. The molecule has 0 amide bonds. The van der Waals surface area contributed by atoms with Gasteiger partial charge in [0.05, 0.1) is 61.4 Å². The number of benzene rings is 3. The van der Waals surface area contributed by atoms with Gasteiger partial charge in [-0.25, -0.2) is 14.0 Å². The molecule has 3 aliphatic rings. The molecule has 8 heteroatoms. The zero-order chi connectivity index (χ0) is 28.8. The van der Waals surface area contributed by atoms with Crippen LogP contribution < -0.4 is 15.1 Å². The zero-order valence-electron chi connectivity index (χ0n) is 24.1. The summed E-state index contributed by atoms with van der Waals surface area (Å²) in [6, 6.07) is 23.0. The Hall–Kier alpha value is -5.50. The second-order valence-electron chi connectivity index (χ2n) is 11.4. The minimum Gasteiger partial charge on any atom is -0.464 e. The number of furan rings is 1. The summed E-state index contributed by atoms with van der Waals surface area (Å²) in [4.78, 5) is 9.52. The number of nitrogens with one attached hydrogen (secondary N) is 1. The van der Waals surface area contributed by atoms with E-state index in [4.69, 9.17) is 13.8 Å². The molecule has 1 N–H and O–H groups in total. The highest BCUT2D eigenvalue weighted by atomic mass is 16.4. The first-order valence-corrected chi connectivity index (χ1v) is 14.5. The Morgan fingerprint density at radius 1 is 0.930 bits per heavy atom. The summed E-state index contributed by atoms with van der Waals surface area (Å²) < 4.78 is 16.9. The first kappa shape index (κ1) is 24.1. The van der Waals surface area contributed by atoms with Gasteiger partial charge in [0.1, 0.15) is 16.9 Å². The van der Waals surface area contributed by atoms with E-state index in [0.29, 0.717) is 6.01 Å². The monoisotopic (exact) mass is 565 g/mol. The van der Waals surface area contributed by atoms with Crippen molar-refractivity contribution in [2.24, 2.45) is 7.05 Å². The third kappa shape index (κ3) is 3.37. The molecule has 43 heavy (non-hydrogen) atoms. The first-order valence-electron chi connectivity index (χ1n) is 14.5. The second-order valence-corrected chi connectivity index (χ2v) is 11.4. The van der Waals surface area contributed by atoms with Gasteiger partial charge in [-0.2, -0.15) is 4.98 Å². The summed E-state index contributed by atoms with van der Waals surface area (Å²) >= 11 is 0. The van der Waals surface area contributed by atoms with Crippen LogP contribution in [-0.4, -0.2) is 34.4 Å². The van der Waals surface area contributed by atoms with Crippen LogP contribution in [0.5, 0.6) is 0 Å². The van der Waals surface area contributed by atoms with Gasteiger partial charge in [-0.05, 0) is 30.3 Å². The Kier molecular flexibility index (Phi) is 4.91. The summed E-state index contributed by atoms with van der Waals surface area (Å²) in [6.07, 6.45) is 11.7. The molecule has 1 atom stereocenters. The Balaban J connectivity index is 1.20. The molecule has 6 aromatic rings. The van der Waals surface area contributed by atoms with Crippen molar-refractivity contribution in [3.8, 4) is 11.1 Å². The lowest BCUT2D eigenvalue weighted by atomic mass is 9.99. The van der Waals surface area contributed by atoms with E-state index < -0.39 is 0 Å². The number of hydrogen-bond donors (Lipinski definition) is 1. The van der Waals surface area contributed by atoms with Crippen molar-refractivity contribution in [3.05, 3.63) is 114 Å². The smallest absolute Gasteiger partial charge is 0.309 e. The van der Waals surface area contributed by atoms with E-state index in [9.17, 15) is 0 Å². The number of rotatable bonds is 3. The van der Waals surface area contributed by atoms with Gasteiger partial charge in [-0.3, -0.25) is 0 Å². The number of para-hydroxylation sites is 4. The Bertz CT molecular complexity index is 2210. The first-order chi connectivity index (χ1) is 21.1. The van der Waals surface area contributed by atoms with E-state index in [2.05, 4.69) is 106 Å². The maximum atomic E-state index is 6.58. The van der Waals surface area contributed by atoms with Crippen molar-refractivity contribution in [3.63, 3.8) is 0 Å². The van der Waals surface area contributed by atoms with E-state index in [1.165, 1.54) is 16.9 Å². The van der Waals surface area contributed by atoms with Gasteiger partial charge in [0.2, 0.25) is 0 Å². The van der Waals surface area contributed by atoms with Crippen molar-refractivity contribution >= 4 is 51.5 Å². The lowest BCUT2D eigenvalue weighted by molar-refractivity contribution is -0.403. The highest BCUT2D eigenvalue weighted by Gasteiger charge is 2.37. The largest absolute Gasteiger partial charge is 0.464 e. The van der Waals surface area contributed by atoms with Crippen LogP contribution in [0.4, 0.5) is 23.2 Å². The zero-order valence-corrected chi connectivity index (χ0v) is 24.1. The van der Waals surface area contributed by atoms with Crippen LogP contribution >= 0.6 is 0 Å². The fourth-order valence-corrected chi connectivity index (χ4v) is 6.93. The number of dihydropyridines is 1. The van der Waals surface area contributed by atoms with Gasteiger partial charge in [-0.15, -0.1) is 0 Å². The summed E-state index contributed by atoms with van der Waals surface area (Å²) in [6.45, 7) is 0. The van der Waals surface area contributed by atoms with Crippen molar-refractivity contribution in [2.45, 2.75) is 12.5 Å². The quantitative estimate of drug-likeness (QED) is 0.230. The molecule has 0 spiro atoms. The summed E-state index contributed by atoms with van der Waals surface area (Å²) in [5.74, 6) is 2.18. The lowest BCUT2D eigenvalue weighted by Crippen LogP contribution is -2.41. The molecule has 3 aliphatic heterocycles. The van der Waals surface area contributed by atoms with E-state index in [0.717, 1.165) is 62.5 Å².